The molecule has 0 atom stereocenters. The Hall–Kier alpha value is -2.91. The standard InChI is InChI=1S/C14H10N2O4/c15-8-11-7-10(9-17)5-6-13(11)20-14-4-2-1-3-12(14)16(18)19/h1-7,17H,9H2. The van der Waals surface area contributed by atoms with Crippen LogP contribution in [0.15, 0.2) is 42.5 Å². The Balaban J connectivity index is 2.41. The van der Waals surface area contributed by atoms with Gasteiger partial charge in [-0.2, -0.15) is 5.26 Å². The van der Waals surface area contributed by atoms with Crippen molar-refractivity contribution < 1.29 is 14.8 Å². The predicted octanol–water partition coefficient (Wildman–Crippen LogP) is 2.75. The summed E-state index contributed by atoms with van der Waals surface area (Å²) in [6.07, 6.45) is 0. The monoisotopic (exact) mass is 270 g/mol. The van der Waals surface area contributed by atoms with E-state index in [1.54, 1.807) is 12.1 Å². The van der Waals surface area contributed by atoms with Crippen molar-refractivity contribution in [2.45, 2.75) is 6.61 Å². The zero-order valence-electron chi connectivity index (χ0n) is 10.3. The van der Waals surface area contributed by atoms with E-state index in [9.17, 15) is 10.1 Å². The van der Waals surface area contributed by atoms with Crippen LogP contribution in [0.2, 0.25) is 0 Å². The molecular weight excluding hydrogens is 260 g/mol. The Morgan fingerprint density at radius 1 is 1.25 bits per heavy atom. The first-order chi connectivity index (χ1) is 9.65. The highest BCUT2D eigenvalue weighted by atomic mass is 16.6. The maximum atomic E-state index is 10.9. The van der Waals surface area contributed by atoms with Crippen molar-refractivity contribution in [3.05, 3.63) is 63.7 Å². The number of nitriles is 1. The smallest absolute Gasteiger partial charge is 0.311 e. The van der Waals surface area contributed by atoms with Gasteiger partial charge in [0.1, 0.15) is 11.8 Å². The molecule has 6 nitrogen and oxygen atoms in total. The second-order valence-corrected chi connectivity index (χ2v) is 3.93. The lowest BCUT2D eigenvalue weighted by molar-refractivity contribution is -0.385. The number of nitrogens with zero attached hydrogens (tertiary/aromatic N) is 2. The Kier molecular flexibility index (Phi) is 3.93. The summed E-state index contributed by atoms with van der Waals surface area (Å²) in [7, 11) is 0. The molecule has 0 saturated carbocycles. The summed E-state index contributed by atoms with van der Waals surface area (Å²) in [6, 6.07) is 12.4. The number of aliphatic hydroxyl groups excluding tert-OH is 1. The van der Waals surface area contributed by atoms with Gasteiger partial charge in [0, 0.05) is 6.07 Å². The molecule has 0 aliphatic heterocycles. The van der Waals surface area contributed by atoms with Crippen molar-refractivity contribution in [2.24, 2.45) is 0 Å². The third-order valence-corrected chi connectivity index (χ3v) is 2.63. The van der Waals surface area contributed by atoms with Crippen LogP contribution in [-0.2, 0) is 6.61 Å². The number of benzene rings is 2. The highest BCUT2D eigenvalue weighted by Crippen LogP contribution is 2.32. The summed E-state index contributed by atoms with van der Waals surface area (Å²) >= 11 is 0. The van der Waals surface area contributed by atoms with E-state index < -0.39 is 4.92 Å². The van der Waals surface area contributed by atoms with E-state index >= 15 is 0 Å². The predicted molar refractivity (Wildman–Crippen MR) is 70.3 cm³/mol. The lowest BCUT2D eigenvalue weighted by Gasteiger charge is -2.08. The van der Waals surface area contributed by atoms with Crippen molar-refractivity contribution in [1.29, 1.82) is 5.26 Å². The van der Waals surface area contributed by atoms with Gasteiger partial charge in [-0.15, -0.1) is 0 Å². The van der Waals surface area contributed by atoms with Crippen LogP contribution in [0.3, 0.4) is 0 Å². The molecule has 0 aliphatic carbocycles. The van der Waals surface area contributed by atoms with Crippen LogP contribution in [0, 0.1) is 21.4 Å². The number of nitro benzene ring substituents is 1. The van der Waals surface area contributed by atoms with E-state index in [2.05, 4.69) is 0 Å². The fourth-order valence-electron chi connectivity index (χ4n) is 1.66. The molecule has 0 unspecified atom stereocenters. The quantitative estimate of drug-likeness (QED) is 0.680. The van der Waals surface area contributed by atoms with Gasteiger partial charge in [0.25, 0.3) is 0 Å². The van der Waals surface area contributed by atoms with E-state index in [4.69, 9.17) is 15.1 Å². The second-order valence-electron chi connectivity index (χ2n) is 3.93. The van der Waals surface area contributed by atoms with Crippen LogP contribution in [0.4, 0.5) is 5.69 Å². The normalized spacial score (nSPS) is 9.80. The Morgan fingerprint density at radius 2 is 2.00 bits per heavy atom. The molecule has 0 heterocycles. The number of aliphatic hydroxyl groups is 1. The number of rotatable bonds is 4. The molecule has 0 fully saturated rings. The average molecular weight is 270 g/mol. The maximum Gasteiger partial charge on any atom is 0.311 e. The first kappa shape index (κ1) is 13.5. The van der Waals surface area contributed by atoms with Gasteiger partial charge in [0.2, 0.25) is 5.75 Å². The topological polar surface area (TPSA) is 96.4 Å². The van der Waals surface area contributed by atoms with E-state index in [1.165, 1.54) is 30.3 Å². The zero-order chi connectivity index (χ0) is 14.5. The molecule has 2 aromatic carbocycles. The second kappa shape index (κ2) is 5.82. The van der Waals surface area contributed by atoms with Crippen LogP contribution in [0.25, 0.3) is 0 Å². The van der Waals surface area contributed by atoms with Crippen LogP contribution < -0.4 is 4.74 Å². The van der Waals surface area contributed by atoms with Gasteiger partial charge < -0.3 is 9.84 Å². The molecule has 20 heavy (non-hydrogen) atoms. The number of para-hydroxylation sites is 2. The Bertz CT molecular complexity index is 692. The van der Waals surface area contributed by atoms with Crippen molar-refractivity contribution in [3.63, 3.8) is 0 Å². The van der Waals surface area contributed by atoms with Crippen molar-refractivity contribution in [3.8, 4) is 17.6 Å². The largest absolute Gasteiger partial charge is 0.449 e. The van der Waals surface area contributed by atoms with Crippen LogP contribution in [0.1, 0.15) is 11.1 Å². The molecule has 0 spiro atoms. The summed E-state index contributed by atoms with van der Waals surface area (Å²) in [5.41, 5.74) is 0.591. The Labute approximate surface area is 114 Å². The molecule has 0 amide bonds. The molecule has 100 valence electrons. The summed E-state index contributed by atoms with van der Waals surface area (Å²) in [5.74, 6) is 0.268. The van der Waals surface area contributed by atoms with Crippen LogP contribution in [-0.4, -0.2) is 10.0 Å². The molecule has 2 rings (SSSR count). The van der Waals surface area contributed by atoms with Gasteiger partial charge >= 0.3 is 5.69 Å². The summed E-state index contributed by atoms with van der Waals surface area (Å²) in [6.45, 7) is -0.194. The van der Waals surface area contributed by atoms with Gasteiger partial charge in [-0.05, 0) is 23.8 Å². The van der Waals surface area contributed by atoms with Crippen LogP contribution in [0.5, 0.6) is 11.5 Å². The fraction of sp³-hybridized carbons (Fsp3) is 0.0714. The lowest BCUT2D eigenvalue weighted by atomic mass is 10.1. The third-order valence-electron chi connectivity index (χ3n) is 2.63. The van der Waals surface area contributed by atoms with Gasteiger partial charge in [-0.3, -0.25) is 10.1 Å². The molecule has 0 aliphatic rings. The van der Waals surface area contributed by atoms with Gasteiger partial charge in [-0.1, -0.05) is 18.2 Å². The number of ether oxygens (including phenoxy) is 1. The van der Waals surface area contributed by atoms with E-state index in [1.807, 2.05) is 6.07 Å². The highest BCUT2D eigenvalue weighted by Gasteiger charge is 2.16. The minimum Gasteiger partial charge on any atom is -0.449 e. The summed E-state index contributed by atoms with van der Waals surface area (Å²) in [4.78, 5) is 10.3. The molecule has 1 N–H and O–H groups in total. The molecule has 0 saturated heterocycles. The zero-order valence-corrected chi connectivity index (χ0v) is 10.3. The lowest BCUT2D eigenvalue weighted by Crippen LogP contribution is -1.95. The summed E-state index contributed by atoms with van der Waals surface area (Å²) < 4.78 is 5.45. The average Bonchev–Trinajstić information content (AvgIpc) is 2.48. The van der Waals surface area contributed by atoms with Gasteiger partial charge in [0.15, 0.2) is 0 Å². The molecule has 0 aromatic heterocycles. The van der Waals surface area contributed by atoms with E-state index in [0.29, 0.717) is 5.56 Å². The molecule has 6 heteroatoms. The van der Waals surface area contributed by atoms with Gasteiger partial charge in [0.05, 0.1) is 17.1 Å². The van der Waals surface area contributed by atoms with Crippen molar-refractivity contribution in [1.82, 2.24) is 0 Å². The Morgan fingerprint density at radius 3 is 2.65 bits per heavy atom. The highest BCUT2D eigenvalue weighted by molar-refractivity contribution is 5.52. The number of hydrogen-bond acceptors (Lipinski definition) is 5. The maximum absolute atomic E-state index is 10.9. The van der Waals surface area contributed by atoms with E-state index in [-0.39, 0.29) is 29.4 Å². The van der Waals surface area contributed by atoms with Crippen molar-refractivity contribution in [2.75, 3.05) is 0 Å². The molecule has 0 radical (unpaired) electrons. The number of hydrogen-bond donors (Lipinski definition) is 1. The van der Waals surface area contributed by atoms with Crippen molar-refractivity contribution >= 4 is 5.69 Å². The minimum atomic E-state index is -0.552. The SMILES string of the molecule is N#Cc1cc(CO)ccc1Oc1ccccc1[N+](=O)[O-]. The molecule has 2 aromatic rings. The first-order valence-electron chi connectivity index (χ1n) is 5.71. The van der Waals surface area contributed by atoms with Gasteiger partial charge in [-0.25, -0.2) is 0 Å². The third kappa shape index (κ3) is 2.74. The summed E-state index contributed by atoms with van der Waals surface area (Å²) in [5, 5.41) is 29.0. The molecule has 0 bridgehead atoms. The minimum absolute atomic E-state index is 0.0609. The van der Waals surface area contributed by atoms with Crippen LogP contribution >= 0.6 is 0 Å². The fourth-order valence-corrected chi connectivity index (χ4v) is 1.66. The molecular formula is C14H10N2O4. The number of nitro groups is 1. The first-order valence-corrected chi connectivity index (χ1v) is 5.71. The van der Waals surface area contributed by atoms with E-state index in [0.717, 1.165) is 0 Å².